The summed E-state index contributed by atoms with van der Waals surface area (Å²) in [7, 11) is 0. The van der Waals surface area contributed by atoms with Gasteiger partial charge in [0.05, 0.1) is 12.4 Å². The zero-order valence-corrected chi connectivity index (χ0v) is 10.3. The molecule has 5 N–H and O–H groups in total. The number of ether oxygens (including phenoxy) is 1. The van der Waals surface area contributed by atoms with Gasteiger partial charge >= 0.3 is 0 Å². The van der Waals surface area contributed by atoms with Gasteiger partial charge in [0.2, 0.25) is 0 Å². The molecule has 1 spiro atoms. The van der Waals surface area contributed by atoms with E-state index >= 15 is 0 Å². The normalized spacial score (nSPS) is 39.8. The number of nitrogen functional groups attached to an aromatic ring is 1. The van der Waals surface area contributed by atoms with Crippen LogP contribution in [0.4, 0.5) is 5.82 Å². The summed E-state index contributed by atoms with van der Waals surface area (Å²) in [6.45, 7) is 0. The van der Waals surface area contributed by atoms with Crippen molar-refractivity contribution in [2.24, 2.45) is 0 Å². The molecule has 5 atom stereocenters. The minimum Gasteiger partial charge on any atom is -0.390 e. The minimum atomic E-state index is -1.18. The average Bonchev–Trinajstić information content (AvgIpc) is 2.80. The molecule has 2 fully saturated rings. The molecule has 9 heteroatoms. The second-order valence-corrected chi connectivity index (χ2v) is 5.20. The highest BCUT2D eigenvalue weighted by Gasteiger charge is 2.69. The number of hydrogen-bond acceptors (Lipinski definition) is 8. The molecule has 1 aliphatic heterocycles. The number of nitrogens with two attached hydrogens (primary N) is 1. The maximum atomic E-state index is 10.1. The van der Waals surface area contributed by atoms with Gasteiger partial charge in [0.1, 0.15) is 29.7 Å². The summed E-state index contributed by atoms with van der Waals surface area (Å²) in [5.74, 6) is 0.225. The fraction of sp³-hybridized carbons (Fsp3) is 0.545. The van der Waals surface area contributed by atoms with Crippen LogP contribution in [0.1, 0.15) is 12.6 Å². The Morgan fingerprint density at radius 1 is 1.30 bits per heavy atom. The highest BCUT2D eigenvalue weighted by molar-refractivity contribution is 5.81. The number of hydrogen-bond donors (Lipinski definition) is 4. The Labute approximate surface area is 112 Å². The van der Waals surface area contributed by atoms with E-state index in [9.17, 15) is 15.3 Å². The van der Waals surface area contributed by atoms with Crippen LogP contribution < -0.4 is 5.73 Å². The van der Waals surface area contributed by atoms with E-state index in [-0.39, 0.29) is 5.82 Å². The largest absolute Gasteiger partial charge is 0.390 e. The van der Waals surface area contributed by atoms with Gasteiger partial charge in [0, 0.05) is 6.42 Å². The Balaban J connectivity index is 1.79. The molecule has 0 aromatic carbocycles. The summed E-state index contributed by atoms with van der Waals surface area (Å²) in [6, 6.07) is 0. The van der Waals surface area contributed by atoms with Gasteiger partial charge in [-0.1, -0.05) is 0 Å². The molecule has 0 amide bonds. The molecule has 2 aliphatic rings. The molecule has 0 radical (unpaired) electrons. The number of fused-ring (bicyclic) bond motifs is 1. The van der Waals surface area contributed by atoms with Gasteiger partial charge in [-0.2, -0.15) is 0 Å². The first-order valence-electron chi connectivity index (χ1n) is 6.19. The van der Waals surface area contributed by atoms with Crippen LogP contribution in [0.3, 0.4) is 0 Å². The molecular weight excluding hydrogens is 266 g/mol. The molecule has 9 nitrogen and oxygen atoms in total. The smallest absolute Gasteiger partial charge is 0.167 e. The molecule has 2 aromatic rings. The summed E-state index contributed by atoms with van der Waals surface area (Å²) in [5.41, 5.74) is 5.42. The fourth-order valence-electron chi connectivity index (χ4n) is 2.77. The van der Waals surface area contributed by atoms with Gasteiger partial charge in [-0.3, -0.25) is 4.57 Å². The number of aliphatic hydroxyl groups is 3. The van der Waals surface area contributed by atoms with Gasteiger partial charge < -0.3 is 25.8 Å². The van der Waals surface area contributed by atoms with E-state index in [1.54, 1.807) is 0 Å². The van der Waals surface area contributed by atoms with Gasteiger partial charge in [-0.15, -0.1) is 0 Å². The molecular formula is C11H13N5O4. The maximum Gasteiger partial charge on any atom is 0.167 e. The van der Waals surface area contributed by atoms with E-state index < -0.39 is 30.1 Å². The molecule has 3 heterocycles. The van der Waals surface area contributed by atoms with Crippen LogP contribution in [-0.2, 0) is 4.74 Å². The van der Waals surface area contributed by atoms with Crippen LogP contribution in [-0.4, -0.2) is 58.8 Å². The molecule has 1 saturated carbocycles. The van der Waals surface area contributed by atoms with E-state index in [1.165, 1.54) is 17.2 Å². The van der Waals surface area contributed by atoms with Crippen molar-refractivity contribution in [2.45, 2.75) is 36.6 Å². The monoisotopic (exact) mass is 279 g/mol. The van der Waals surface area contributed by atoms with E-state index in [2.05, 4.69) is 15.0 Å². The first kappa shape index (κ1) is 12.0. The standard InChI is InChI=1S/C11H13N5O4/c12-8-5-9(14-2-13-8)16(3-15-5)10-6(18)7(19)11(20-10)1-4(11)17/h2-4,6-7,10,17-19H,1H2,(H2,12,13,14)/t4-,6-,7?,10+,11-/m0/s1. The quantitative estimate of drug-likeness (QED) is 0.477. The van der Waals surface area contributed by atoms with Crippen LogP contribution in [0.15, 0.2) is 12.7 Å². The Hall–Kier alpha value is -1.81. The Morgan fingerprint density at radius 3 is 2.70 bits per heavy atom. The number of aromatic nitrogens is 4. The van der Waals surface area contributed by atoms with Crippen molar-refractivity contribution in [2.75, 3.05) is 5.73 Å². The van der Waals surface area contributed by atoms with Crippen LogP contribution in [0.25, 0.3) is 11.2 Å². The van der Waals surface area contributed by atoms with E-state index in [0.29, 0.717) is 17.6 Å². The third-order valence-corrected chi connectivity index (χ3v) is 4.03. The first-order chi connectivity index (χ1) is 9.54. The highest BCUT2D eigenvalue weighted by Crippen LogP contribution is 2.53. The lowest BCUT2D eigenvalue weighted by Crippen LogP contribution is -2.34. The lowest BCUT2D eigenvalue weighted by atomic mass is 10.1. The Morgan fingerprint density at radius 2 is 2.05 bits per heavy atom. The molecule has 0 bridgehead atoms. The number of imidazole rings is 1. The lowest BCUT2D eigenvalue weighted by Gasteiger charge is -2.16. The van der Waals surface area contributed by atoms with Crippen molar-refractivity contribution in [1.82, 2.24) is 19.5 Å². The second-order valence-electron chi connectivity index (χ2n) is 5.20. The van der Waals surface area contributed by atoms with E-state index in [0.717, 1.165) is 0 Å². The summed E-state index contributed by atoms with van der Waals surface area (Å²) in [5, 5.41) is 29.8. The van der Waals surface area contributed by atoms with Gasteiger partial charge in [0.15, 0.2) is 17.7 Å². The Bertz CT molecular complexity index is 691. The second kappa shape index (κ2) is 3.64. The molecule has 20 heavy (non-hydrogen) atoms. The summed E-state index contributed by atoms with van der Waals surface area (Å²) < 4.78 is 7.15. The molecule has 1 unspecified atom stereocenters. The minimum absolute atomic E-state index is 0.225. The van der Waals surface area contributed by atoms with Crippen molar-refractivity contribution in [3.05, 3.63) is 12.7 Å². The fourth-order valence-corrected chi connectivity index (χ4v) is 2.77. The van der Waals surface area contributed by atoms with Gasteiger partial charge in [-0.05, 0) is 0 Å². The zero-order chi connectivity index (χ0) is 14.1. The predicted molar refractivity (Wildman–Crippen MR) is 65.2 cm³/mol. The number of aliphatic hydroxyl groups excluding tert-OH is 3. The van der Waals surface area contributed by atoms with Gasteiger partial charge in [-0.25, -0.2) is 15.0 Å². The third kappa shape index (κ3) is 1.32. The third-order valence-electron chi connectivity index (χ3n) is 4.03. The highest BCUT2D eigenvalue weighted by atomic mass is 16.6. The molecule has 1 saturated heterocycles. The van der Waals surface area contributed by atoms with Crippen molar-refractivity contribution in [3.8, 4) is 0 Å². The maximum absolute atomic E-state index is 10.1. The molecule has 4 rings (SSSR count). The van der Waals surface area contributed by atoms with Crippen LogP contribution >= 0.6 is 0 Å². The zero-order valence-electron chi connectivity index (χ0n) is 10.3. The average molecular weight is 279 g/mol. The SMILES string of the molecule is Nc1ncnc2c1ncn2[C@@H]1O[C@]2(C[C@@H]2O)C(O)[C@@H]1O. The molecule has 1 aliphatic carbocycles. The first-order valence-corrected chi connectivity index (χ1v) is 6.19. The number of rotatable bonds is 1. The number of nitrogens with zero attached hydrogens (tertiary/aromatic N) is 4. The predicted octanol–water partition coefficient (Wildman–Crippen LogP) is -1.84. The van der Waals surface area contributed by atoms with Crippen molar-refractivity contribution in [1.29, 1.82) is 0 Å². The van der Waals surface area contributed by atoms with Crippen molar-refractivity contribution < 1.29 is 20.1 Å². The summed E-state index contributed by atoms with van der Waals surface area (Å²) in [4.78, 5) is 12.0. The summed E-state index contributed by atoms with van der Waals surface area (Å²) >= 11 is 0. The summed E-state index contributed by atoms with van der Waals surface area (Å²) in [6.07, 6.45) is -0.974. The van der Waals surface area contributed by atoms with Crippen LogP contribution in [0.2, 0.25) is 0 Å². The van der Waals surface area contributed by atoms with Gasteiger partial charge in [0.25, 0.3) is 0 Å². The number of anilines is 1. The van der Waals surface area contributed by atoms with Crippen molar-refractivity contribution in [3.63, 3.8) is 0 Å². The molecule has 106 valence electrons. The molecule has 2 aromatic heterocycles. The topological polar surface area (TPSA) is 140 Å². The Kier molecular flexibility index (Phi) is 2.18. The van der Waals surface area contributed by atoms with E-state index in [1.807, 2.05) is 0 Å². The van der Waals surface area contributed by atoms with E-state index in [4.69, 9.17) is 10.5 Å². The van der Waals surface area contributed by atoms with Crippen molar-refractivity contribution >= 4 is 17.0 Å². The lowest BCUT2D eigenvalue weighted by molar-refractivity contribution is -0.0633. The van der Waals surface area contributed by atoms with Crippen LogP contribution in [0.5, 0.6) is 0 Å². The van der Waals surface area contributed by atoms with Crippen LogP contribution in [0, 0.1) is 0 Å².